The predicted octanol–water partition coefficient (Wildman–Crippen LogP) is 5.15. The first-order valence-electron chi connectivity index (χ1n) is 12.8. The minimum absolute atomic E-state index is 0.0204. The number of nitrogens with zero attached hydrogens (tertiary/aromatic N) is 4. The van der Waals surface area contributed by atoms with Crippen LogP contribution in [0.15, 0.2) is 42.6 Å². The summed E-state index contributed by atoms with van der Waals surface area (Å²) in [7, 11) is 1.94. The molecule has 0 aliphatic heterocycles. The highest BCUT2D eigenvalue weighted by Gasteiger charge is 2.23. The number of aromatic nitrogens is 3. The summed E-state index contributed by atoms with van der Waals surface area (Å²) in [5.74, 6) is -0.281. The molecular formula is C29H37FN4O4. The van der Waals surface area contributed by atoms with Crippen molar-refractivity contribution >= 4 is 23.7 Å². The molecule has 2 heterocycles. The third kappa shape index (κ3) is 6.65. The number of hydrogen-bond acceptors (Lipinski definition) is 6. The average molecular weight is 525 g/mol. The Bertz CT molecular complexity index is 1270. The lowest BCUT2D eigenvalue weighted by Gasteiger charge is -2.26. The standard InChI is InChI=1S/C29H37FN4O4/c1-6-34-25(13-14-31-34)33(5)29-19(4)27(21-7-9-22(30)10-8-21)24(28(32-29)18(2)3)12-11-23(36)15-20(17-35)16-26(37)38/h7-14,18,20,23,35-36H,6,15-17H2,1-5H3,(H,37,38)/b12-11+/t20-,23-/m1/s1. The maximum atomic E-state index is 13.8. The van der Waals surface area contributed by atoms with Gasteiger partial charge in [0.25, 0.3) is 0 Å². The van der Waals surface area contributed by atoms with Crippen LogP contribution in [0.25, 0.3) is 17.2 Å². The number of aliphatic hydroxyl groups is 2. The van der Waals surface area contributed by atoms with Gasteiger partial charge in [0.1, 0.15) is 17.5 Å². The van der Waals surface area contributed by atoms with Gasteiger partial charge in [-0.05, 0) is 55.4 Å². The van der Waals surface area contributed by atoms with E-state index in [-0.39, 0.29) is 31.2 Å². The van der Waals surface area contributed by atoms with Gasteiger partial charge in [-0.15, -0.1) is 0 Å². The lowest BCUT2D eigenvalue weighted by Crippen LogP contribution is -2.19. The van der Waals surface area contributed by atoms with E-state index in [4.69, 9.17) is 10.1 Å². The molecule has 3 aromatic rings. The van der Waals surface area contributed by atoms with Gasteiger partial charge in [0.15, 0.2) is 0 Å². The summed E-state index contributed by atoms with van der Waals surface area (Å²) in [4.78, 5) is 18.1. The maximum Gasteiger partial charge on any atom is 0.303 e. The summed E-state index contributed by atoms with van der Waals surface area (Å²) in [5, 5.41) is 33.6. The molecule has 1 aromatic carbocycles. The van der Waals surface area contributed by atoms with E-state index in [0.29, 0.717) is 6.54 Å². The van der Waals surface area contributed by atoms with Crippen LogP contribution >= 0.6 is 0 Å². The van der Waals surface area contributed by atoms with Gasteiger partial charge in [0.05, 0.1) is 24.4 Å². The molecule has 0 fully saturated rings. The highest BCUT2D eigenvalue weighted by Crippen LogP contribution is 2.39. The molecule has 0 bridgehead atoms. The molecule has 0 spiro atoms. The quantitative estimate of drug-likeness (QED) is 0.300. The summed E-state index contributed by atoms with van der Waals surface area (Å²) in [5.41, 5.74) is 4.14. The van der Waals surface area contributed by atoms with Crippen LogP contribution < -0.4 is 4.90 Å². The van der Waals surface area contributed by atoms with Gasteiger partial charge in [-0.25, -0.2) is 14.1 Å². The third-order valence-corrected chi connectivity index (χ3v) is 6.60. The Morgan fingerprint density at radius 3 is 2.47 bits per heavy atom. The second-order valence-corrected chi connectivity index (χ2v) is 9.77. The van der Waals surface area contributed by atoms with E-state index in [1.807, 2.05) is 50.4 Å². The van der Waals surface area contributed by atoms with Crippen molar-refractivity contribution in [3.05, 3.63) is 65.2 Å². The fraction of sp³-hybridized carbons (Fsp3) is 0.414. The van der Waals surface area contributed by atoms with E-state index in [1.165, 1.54) is 12.1 Å². The Kier molecular flexibility index (Phi) is 9.77. The van der Waals surface area contributed by atoms with Crippen molar-refractivity contribution in [1.29, 1.82) is 0 Å². The number of aliphatic hydroxyl groups excluding tert-OH is 2. The molecule has 2 aromatic heterocycles. The SMILES string of the molecule is CCn1nccc1N(C)c1nc(C(C)C)c(/C=C/[C@@H](O)C[C@@H](CO)CC(=O)O)c(-c2ccc(F)cc2)c1C. The summed E-state index contributed by atoms with van der Waals surface area (Å²) < 4.78 is 15.7. The average Bonchev–Trinajstić information content (AvgIpc) is 3.36. The van der Waals surface area contributed by atoms with Crippen molar-refractivity contribution < 1.29 is 24.5 Å². The second kappa shape index (κ2) is 12.8. The van der Waals surface area contributed by atoms with Crippen LogP contribution in [0.2, 0.25) is 0 Å². The van der Waals surface area contributed by atoms with Gasteiger partial charge in [0.2, 0.25) is 0 Å². The Morgan fingerprint density at radius 1 is 1.21 bits per heavy atom. The van der Waals surface area contributed by atoms with Crippen LogP contribution in [0.1, 0.15) is 56.4 Å². The summed E-state index contributed by atoms with van der Waals surface area (Å²) in [6.07, 6.45) is 4.07. The van der Waals surface area contributed by atoms with Gasteiger partial charge in [-0.1, -0.05) is 38.1 Å². The highest BCUT2D eigenvalue weighted by molar-refractivity contribution is 5.83. The first kappa shape index (κ1) is 29.0. The molecular weight excluding hydrogens is 487 g/mol. The monoisotopic (exact) mass is 524 g/mol. The molecule has 204 valence electrons. The zero-order valence-corrected chi connectivity index (χ0v) is 22.6. The molecule has 0 saturated heterocycles. The number of pyridine rings is 1. The number of carbonyl (C=O) groups is 1. The van der Waals surface area contributed by atoms with Crippen molar-refractivity contribution in [1.82, 2.24) is 14.8 Å². The van der Waals surface area contributed by atoms with E-state index < -0.39 is 18.0 Å². The largest absolute Gasteiger partial charge is 0.481 e. The van der Waals surface area contributed by atoms with Crippen molar-refractivity contribution in [2.24, 2.45) is 5.92 Å². The number of benzene rings is 1. The molecule has 0 saturated carbocycles. The molecule has 38 heavy (non-hydrogen) atoms. The Morgan fingerprint density at radius 2 is 1.89 bits per heavy atom. The lowest BCUT2D eigenvalue weighted by atomic mass is 9.90. The molecule has 0 radical (unpaired) electrons. The zero-order chi connectivity index (χ0) is 28.0. The Hall–Kier alpha value is -3.56. The smallest absolute Gasteiger partial charge is 0.303 e. The van der Waals surface area contributed by atoms with Gasteiger partial charge >= 0.3 is 5.97 Å². The van der Waals surface area contributed by atoms with Crippen molar-refractivity contribution in [2.75, 3.05) is 18.6 Å². The van der Waals surface area contributed by atoms with Crippen LogP contribution in [-0.4, -0.2) is 55.8 Å². The zero-order valence-electron chi connectivity index (χ0n) is 22.6. The molecule has 3 N–H and O–H groups in total. The fourth-order valence-electron chi connectivity index (χ4n) is 4.68. The van der Waals surface area contributed by atoms with Crippen molar-refractivity contribution in [2.45, 2.75) is 59.1 Å². The van der Waals surface area contributed by atoms with E-state index in [2.05, 4.69) is 5.10 Å². The number of rotatable bonds is 12. The number of halogens is 1. The van der Waals surface area contributed by atoms with Crippen LogP contribution in [0.4, 0.5) is 16.0 Å². The van der Waals surface area contributed by atoms with Crippen LogP contribution in [0, 0.1) is 18.7 Å². The molecule has 9 heteroatoms. The number of aliphatic carboxylic acids is 1. The normalized spacial score (nSPS) is 13.3. The lowest BCUT2D eigenvalue weighted by molar-refractivity contribution is -0.138. The van der Waals surface area contributed by atoms with Crippen LogP contribution in [0.3, 0.4) is 0 Å². The topological polar surface area (TPSA) is 112 Å². The number of hydrogen-bond donors (Lipinski definition) is 3. The summed E-state index contributed by atoms with van der Waals surface area (Å²) in [6, 6.07) is 8.21. The minimum Gasteiger partial charge on any atom is -0.481 e. The number of carboxylic acids is 1. The third-order valence-electron chi connectivity index (χ3n) is 6.60. The molecule has 0 aliphatic carbocycles. The molecule has 8 nitrogen and oxygen atoms in total. The van der Waals surface area contributed by atoms with Crippen molar-refractivity contribution in [3.63, 3.8) is 0 Å². The van der Waals surface area contributed by atoms with E-state index in [9.17, 15) is 19.4 Å². The molecule has 2 atom stereocenters. The second-order valence-electron chi connectivity index (χ2n) is 9.77. The molecule has 0 aliphatic rings. The number of carboxylic acid groups (broad SMARTS) is 1. The predicted molar refractivity (Wildman–Crippen MR) is 147 cm³/mol. The van der Waals surface area contributed by atoms with Gasteiger partial charge in [-0.2, -0.15) is 5.10 Å². The van der Waals surface area contributed by atoms with Crippen molar-refractivity contribution in [3.8, 4) is 11.1 Å². The highest BCUT2D eigenvalue weighted by atomic mass is 19.1. The first-order valence-corrected chi connectivity index (χ1v) is 12.8. The minimum atomic E-state index is -1.02. The Labute approximate surface area is 223 Å². The maximum absolute atomic E-state index is 13.8. The first-order chi connectivity index (χ1) is 18.1. The molecule has 0 unspecified atom stereocenters. The summed E-state index contributed by atoms with van der Waals surface area (Å²) in [6.45, 7) is 8.43. The fourth-order valence-corrected chi connectivity index (χ4v) is 4.68. The van der Waals surface area contributed by atoms with Crippen LogP contribution in [0.5, 0.6) is 0 Å². The van der Waals surface area contributed by atoms with Gasteiger partial charge in [0, 0.05) is 37.4 Å². The molecule has 3 rings (SSSR count). The van der Waals surface area contributed by atoms with Gasteiger partial charge in [-0.3, -0.25) is 4.79 Å². The van der Waals surface area contributed by atoms with E-state index in [1.54, 1.807) is 30.5 Å². The van der Waals surface area contributed by atoms with Gasteiger partial charge < -0.3 is 20.2 Å². The Balaban J connectivity index is 2.17. The number of anilines is 2. The number of aryl methyl sites for hydroxylation is 1. The summed E-state index contributed by atoms with van der Waals surface area (Å²) >= 11 is 0. The van der Waals surface area contributed by atoms with E-state index in [0.717, 1.165) is 39.6 Å². The molecule has 0 amide bonds. The van der Waals surface area contributed by atoms with Crippen LogP contribution in [-0.2, 0) is 11.3 Å². The van der Waals surface area contributed by atoms with E-state index >= 15 is 0 Å².